The van der Waals surface area contributed by atoms with Crippen LogP contribution in [0, 0.1) is 0 Å². The fourth-order valence-electron chi connectivity index (χ4n) is 2.24. The van der Waals surface area contributed by atoms with Gasteiger partial charge < -0.3 is 20.8 Å². The number of carbonyl (C=O) groups excluding carboxylic acids is 1. The van der Waals surface area contributed by atoms with Gasteiger partial charge in [-0.15, -0.1) is 0 Å². The first-order chi connectivity index (χ1) is 9.66. The highest BCUT2D eigenvalue weighted by atomic mass is 16.5. The molecule has 4 N–H and O–H groups in total. The molecule has 3 aromatic rings. The van der Waals surface area contributed by atoms with Gasteiger partial charge in [-0.05, 0) is 6.07 Å². The quantitative estimate of drug-likeness (QED) is 0.745. The van der Waals surface area contributed by atoms with E-state index in [4.69, 9.17) is 16.2 Å². The van der Waals surface area contributed by atoms with Crippen molar-refractivity contribution in [1.82, 2.24) is 14.5 Å². The van der Waals surface area contributed by atoms with Gasteiger partial charge in [-0.2, -0.15) is 0 Å². The third-order valence-corrected chi connectivity index (χ3v) is 3.07. The van der Waals surface area contributed by atoms with Gasteiger partial charge in [0.1, 0.15) is 12.1 Å². The molecule has 1 amide bonds. The number of pyridine rings is 1. The van der Waals surface area contributed by atoms with Crippen molar-refractivity contribution < 1.29 is 9.53 Å². The van der Waals surface area contributed by atoms with Gasteiger partial charge in [0.2, 0.25) is 5.95 Å². The lowest BCUT2D eigenvalue weighted by molar-refractivity contribution is 0.153. The van der Waals surface area contributed by atoms with Crippen molar-refractivity contribution in [2.45, 2.75) is 6.54 Å². The first-order valence-electron chi connectivity index (χ1n) is 6.08. The minimum absolute atomic E-state index is 0.141. The largest absolute Gasteiger partial charge is 0.448 e. The molecule has 2 heterocycles. The monoisotopic (exact) mass is 271 g/mol. The van der Waals surface area contributed by atoms with Crippen molar-refractivity contribution in [2.75, 3.05) is 12.3 Å². The summed E-state index contributed by atoms with van der Waals surface area (Å²) in [5, 5.41) is 0.952. The van der Waals surface area contributed by atoms with Crippen LogP contribution in [0.25, 0.3) is 21.9 Å². The molecule has 3 rings (SSSR count). The highest BCUT2D eigenvalue weighted by Crippen LogP contribution is 2.25. The molecule has 0 aliphatic carbocycles. The van der Waals surface area contributed by atoms with Crippen LogP contribution in [0.15, 0.2) is 30.5 Å². The number of aromatic nitrogens is 3. The Bertz CT molecular complexity index is 796. The standard InChI is InChI=1S/C13H13N5O2/c14-12-17-10-7-16-9-4-2-1-3-8(9)11(10)18(12)5-6-20-13(15)19/h1-4,7H,5-6H2,(H2,14,17)(H2,15,19). The Morgan fingerprint density at radius 3 is 2.90 bits per heavy atom. The number of carbonyl (C=O) groups is 1. The molecule has 102 valence electrons. The number of para-hydroxylation sites is 1. The average molecular weight is 271 g/mol. The van der Waals surface area contributed by atoms with E-state index in [-0.39, 0.29) is 6.61 Å². The van der Waals surface area contributed by atoms with Crippen LogP contribution in [0.1, 0.15) is 0 Å². The molecule has 2 aromatic heterocycles. The number of anilines is 1. The lowest BCUT2D eigenvalue weighted by Gasteiger charge is -2.07. The van der Waals surface area contributed by atoms with Crippen LogP contribution in [0.2, 0.25) is 0 Å². The fraction of sp³-hybridized carbons (Fsp3) is 0.154. The van der Waals surface area contributed by atoms with Crippen LogP contribution in [0.5, 0.6) is 0 Å². The molecule has 0 spiro atoms. The van der Waals surface area contributed by atoms with Gasteiger partial charge in [0.15, 0.2) is 0 Å². The van der Waals surface area contributed by atoms with E-state index < -0.39 is 6.09 Å². The smallest absolute Gasteiger partial charge is 0.404 e. The Hall–Kier alpha value is -2.83. The minimum atomic E-state index is -0.806. The Balaban J connectivity index is 2.12. The van der Waals surface area contributed by atoms with Crippen LogP contribution in [-0.4, -0.2) is 27.2 Å². The number of fused-ring (bicyclic) bond motifs is 3. The van der Waals surface area contributed by atoms with Crippen molar-refractivity contribution in [3.8, 4) is 0 Å². The number of nitrogens with two attached hydrogens (primary N) is 2. The number of hydrogen-bond donors (Lipinski definition) is 2. The maximum atomic E-state index is 10.6. The van der Waals surface area contributed by atoms with E-state index in [1.54, 1.807) is 10.8 Å². The maximum Gasteiger partial charge on any atom is 0.404 e. The normalized spacial score (nSPS) is 11.0. The predicted molar refractivity (Wildman–Crippen MR) is 75.0 cm³/mol. The third-order valence-electron chi connectivity index (χ3n) is 3.07. The Labute approximate surface area is 114 Å². The summed E-state index contributed by atoms with van der Waals surface area (Å²) < 4.78 is 6.54. The van der Waals surface area contributed by atoms with E-state index in [1.165, 1.54) is 0 Å². The van der Waals surface area contributed by atoms with Gasteiger partial charge in [0.05, 0.1) is 23.8 Å². The molecule has 1 aromatic carbocycles. The van der Waals surface area contributed by atoms with Crippen LogP contribution < -0.4 is 11.5 Å². The summed E-state index contributed by atoms with van der Waals surface area (Å²) in [6, 6.07) is 7.72. The lowest BCUT2D eigenvalue weighted by Crippen LogP contribution is -2.17. The number of rotatable bonds is 3. The summed E-state index contributed by atoms with van der Waals surface area (Å²) in [7, 11) is 0. The van der Waals surface area contributed by atoms with E-state index in [0.717, 1.165) is 16.4 Å². The zero-order valence-electron chi connectivity index (χ0n) is 10.6. The first-order valence-corrected chi connectivity index (χ1v) is 6.08. The molecule has 20 heavy (non-hydrogen) atoms. The molecule has 0 unspecified atom stereocenters. The van der Waals surface area contributed by atoms with Crippen molar-refractivity contribution in [3.05, 3.63) is 30.5 Å². The highest BCUT2D eigenvalue weighted by molar-refractivity contribution is 6.02. The van der Waals surface area contributed by atoms with Crippen molar-refractivity contribution >= 4 is 34.0 Å². The second-order valence-corrected chi connectivity index (χ2v) is 4.30. The van der Waals surface area contributed by atoms with E-state index in [1.807, 2.05) is 24.3 Å². The molecule has 0 aliphatic rings. The number of nitrogen functional groups attached to an aromatic ring is 1. The molecule has 7 nitrogen and oxygen atoms in total. The van der Waals surface area contributed by atoms with Gasteiger partial charge in [-0.25, -0.2) is 9.78 Å². The van der Waals surface area contributed by atoms with Crippen LogP contribution >= 0.6 is 0 Å². The number of nitrogens with zero attached hydrogens (tertiary/aromatic N) is 3. The highest BCUT2D eigenvalue weighted by Gasteiger charge is 2.12. The second-order valence-electron chi connectivity index (χ2n) is 4.30. The summed E-state index contributed by atoms with van der Waals surface area (Å²) in [5.74, 6) is 0.353. The number of hydrogen-bond acceptors (Lipinski definition) is 5. The number of amides is 1. The number of benzene rings is 1. The van der Waals surface area contributed by atoms with Gasteiger partial charge in [-0.1, -0.05) is 18.2 Å². The van der Waals surface area contributed by atoms with Gasteiger partial charge in [0.25, 0.3) is 0 Å². The topological polar surface area (TPSA) is 109 Å². The number of imidazole rings is 1. The van der Waals surface area contributed by atoms with Crippen molar-refractivity contribution in [3.63, 3.8) is 0 Å². The van der Waals surface area contributed by atoms with Crippen molar-refractivity contribution in [2.24, 2.45) is 5.73 Å². The first kappa shape index (κ1) is 12.2. The van der Waals surface area contributed by atoms with Crippen LogP contribution in [-0.2, 0) is 11.3 Å². The van der Waals surface area contributed by atoms with Crippen LogP contribution in [0.3, 0.4) is 0 Å². The summed E-state index contributed by atoms with van der Waals surface area (Å²) in [6.45, 7) is 0.529. The molecule has 0 saturated heterocycles. The Kier molecular flexibility index (Phi) is 2.86. The predicted octanol–water partition coefficient (Wildman–Crippen LogP) is 1.26. The molecule has 7 heteroatoms. The molecular formula is C13H13N5O2. The van der Waals surface area contributed by atoms with Gasteiger partial charge in [-0.3, -0.25) is 4.98 Å². The molecule has 0 aliphatic heterocycles. The fourth-order valence-corrected chi connectivity index (χ4v) is 2.24. The van der Waals surface area contributed by atoms with Gasteiger partial charge in [0, 0.05) is 5.39 Å². The molecule has 0 bridgehead atoms. The van der Waals surface area contributed by atoms with E-state index in [2.05, 4.69) is 9.97 Å². The molecule has 0 fully saturated rings. The van der Waals surface area contributed by atoms with Crippen LogP contribution in [0.4, 0.5) is 10.7 Å². The Morgan fingerprint density at radius 2 is 2.10 bits per heavy atom. The zero-order chi connectivity index (χ0) is 14.1. The second kappa shape index (κ2) is 4.69. The molecule has 0 saturated carbocycles. The molecule has 0 radical (unpaired) electrons. The number of primary amides is 1. The zero-order valence-corrected chi connectivity index (χ0v) is 10.6. The lowest BCUT2D eigenvalue weighted by atomic mass is 10.2. The molecule has 0 atom stereocenters. The average Bonchev–Trinajstić information content (AvgIpc) is 2.75. The summed E-state index contributed by atoms with van der Waals surface area (Å²) in [5.41, 5.74) is 13.3. The number of ether oxygens (including phenoxy) is 1. The maximum absolute atomic E-state index is 10.6. The van der Waals surface area contributed by atoms with E-state index in [0.29, 0.717) is 18.0 Å². The van der Waals surface area contributed by atoms with E-state index in [9.17, 15) is 4.79 Å². The van der Waals surface area contributed by atoms with Gasteiger partial charge >= 0.3 is 6.09 Å². The summed E-state index contributed by atoms with van der Waals surface area (Å²) in [6.07, 6.45) is 0.874. The Morgan fingerprint density at radius 1 is 1.30 bits per heavy atom. The SMILES string of the molecule is NC(=O)OCCn1c(N)nc2cnc3ccccc3c21. The molecular weight excluding hydrogens is 258 g/mol. The summed E-state index contributed by atoms with van der Waals surface area (Å²) in [4.78, 5) is 19.2. The summed E-state index contributed by atoms with van der Waals surface area (Å²) >= 11 is 0. The minimum Gasteiger partial charge on any atom is -0.448 e. The van der Waals surface area contributed by atoms with E-state index >= 15 is 0 Å². The van der Waals surface area contributed by atoms with Crippen molar-refractivity contribution in [1.29, 1.82) is 0 Å². The third kappa shape index (κ3) is 1.99.